The summed E-state index contributed by atoms with van der Waals surface area (Å²) in [5, 5.41) is 3.41. The fourth-order valence-corrected chi connectivity index (χ4v) is 2.99. The molecule has 2 rings (SSSR count). The summed E-state index contributed by atoms with van der Waals surface area (Å²) in [6.45, 7) is 3.05. The molecule has 1 heterocycles. The van der Waals surface area contributed by atoms with E-state index in [9.17, 15) is 4.79 Å². The van der Waals surface area contributed by atoms with Gasteiger partial charge in [0.1, 0.15) is 0 Å². The molecule has 3 nitrogen and oxygen atoms in total. The Balaban J connectivity index is 1.76. The van der Waals surface area contributed by atoms with Crippen LogP contribution in [-0.4, -0.2) is 17.6 Å². The van der Waals surface area contributed by atoms with Crippen molar-refractivity contribution in [3.05, 3.63) is 29.8 Å². The molecule has 114 valence electrons. The van der Waals surface area contributed by atoms with Crippen molar-refractivity contribution in [1.82, 2.24) is 5.32 Å². The Labute approximate surface area is 132 Å². The maximum Gasteiger partial charge on any atom is 0.226 e. The molecular weight excluding hydrogens is 280 g/mol. The summed E-state index contributed by atoms with van der Waals surface area (Å²) in [4.78, 5) is 14.0. The number of nitrogens with one attached hydrogen (secondary N) is 1. The molecule has 1 aliphatic rings. The molecule has 21 heavy (non-hydrogen) atoms. The van der Waals surface area contributed by atoms with E-state index < -0.39 is 0 Å². The molecule has 0 aromatic heterocycles. The van der Waals surface area contributed by atoms with Crippen molar-refractivity contribution in [1.29, 1.82) is 0 Å². The number of carbonyl (C=O) groups is 1. The average molecular weight is 304 g/mol. The molecule has 0 fully saturated rings. The van der Waals surface area contributed by atoms with E-state index >= 15 is 0 Å². The zero-order valence-corrected chi connectivity index (χ0v) is 13.5. The predicted molar refractivity (Wildman–Crippen MR) is 91.6 cm³/mol. The molecular formula is C17H24N2OS. The molecule has 0 atom stereocenters. The highest BCUT2D eigenvalue weighted by molar-refractivity contribution is 7.80. The second-order valence-electron chi connectivity index (χ2n) is 5.55. The molecule has 1 aromatic carbocycles. The van der Waals surface area contributed by atoms with Crippen molar-refractivity contribution < 1.29 is 4.79 Å². The minimum absolute atomic E-state index is 0.0425. The summed E-state index contributed by atoms with van der Waals surface area (Å²) in [6.07, 6.45) is 7.33. The molecule has 0 saturated carbocycles. The Morgan fingerprint density at radius 3 is 2.81 bits per heavy atom. The number of unbranched alkanes of at least 4 members (excludes halogenated alkanes) is 4. The van der Waals surface area contributed by atoms with Gasteiger partial charge in [0.05, 0.1) is 0 Å². The number of benzene rings is 1. The number of nitrogens with zero attached hydrogens (tertiary/aromatic N) is 1. The van der Waals surface area contributed by atoms with E-state index in [4.69, 9.17) is 12.2 Å². The van der Waals surface area contributed by atoms with Gasteiger partial charge in [0.15, 0.2) is 5.11 Å². The average Bonchev–Trinajstić information content (AvgIpc) is 2.91. The number of hydrogen-bond acceptors (Lipinski definition) is 2. The summed E-state index contributed by atoms with van der Waals surface area (Å²) in [5.74, 6) is 0.0425. The molecule has 0 saturated heterocycles. The van der Waals surface area contributed by atoms with E-state index in [0.29, 0.717) is 11.5 Å². The van der Waals surface area contributed by atoms with Crippen LogP contribution < -0.4 is 10.2 Å². The van der Waals surface area contributed by atoms with Crippen LogP contribution in [0.1, 0.15) is 51.0 Å². The predicted octanol–water partition coefficient (Wildman–Crippen LogP) is 3.81. The van der Waals surface area contributed by atoms with E-state index in [1.54, 1.807) is 0 Å². The summed E-state index contributed by atoms with van der Waals surface area (Å²) in [6, 6.07) is 8.23. The number of hydrogen-bond donors (Lipinski definition) is 1. The smallest absolute Gasteiger partial charge is 0.226 e. The number of para-hydroxylation sites is 1. The third-order valence-electron chi connectivity index (χ3n) is 3.89. The molecule has 1 aliphatic heterocycles. The van der Waals surface area contributed by atoms with Gasteiger partial charge in [0, 0.05) is 18.7 Å². The van der Waals surface area contributed by atoms with Gasteiger partial charge in [-0.25, -0.2) is 0 Å². The first-order valence-electron chi connectivity index (χ1n) is 7.91. The SMILES string of the molecule is CCCCCCCC(=O)NC(=S)N1CCc2ccccc21. The number of fused-ring (bicyclic) bond motifs is 1. The lowest BCUT2D eigenvalue weighted by Crippen LogP contribution is -2.41. The van der Waals surface area contributed by atoms with Crippen molar-refractivity contribution in [2.75, 3.05) is 11.4 Å². The third kappa shape index (κ3) is 4.53. The summed E-state index contributed by atoms with van der Waals surface area (Å²) >= 11 is 5.38. The van der Waals surface area contributed by atoms with Gasteiger partial charge in [-0.15, -0.1) is 0 Å². The van der Waals surface area contributed by atoms with Crippen LogP contribution >= 0.6 is 12.2 Å². The Bertz CT molecular complexity index is 501. The van der Waals surface area contributed by atoms with Crippen LogP contribution in [0.4, 0.5) is 5.69 Å². The molecule has 1 amide bonds. The fraction of sp³-hybridized carbons (Fsp3) is 0.529. The zero-order valence-electron chi connectivity index (χ0n) is 12.7. The molecule has 4 heteroatoms. The van der Waals surface area contributed by atoms with E-state index in [2.05, 4.69) is 24.4 Å². The lowest BCUT2D eigenvalue weighted by atomic mass is 10.1. The van der Waals surface area contributed by atoms with Gasteiger partial charge >= 0.3 is 0 Å². The second-order valence-corrected chi connectivity index (χ2v) is 5.93. The zero-order chi connectivity index (χ0) is 15.1. The van der Waals surface area contributed by atoms with Crippen LogP contribution in [0, 0.1) is 0 Å². The Morgan fingerprint density at radius 2 is 2.00 bits per heavy atom. The van der Waals surface area contributed by atoms with Gasteiger partial charge in [-0.05, 0) is 36.7 Å². The number of anilines is 1. The quantitative estimate of drug-likeness (QED) is 0.641. The highest BCUT2D eigenvalue weighted by Crippen LogP contribution is 2.27. The van der Waals surface area contributed by atoms with Gasteiger partial charge in [0.25, 0.3) is 0 Å². The molecule has 0 aliphatic carbocycles. The molecule has 0 radical (unpaired) electrons. The highest BCUT2D eigenvalue weighted by Gasteiger charge is 2.22. The minimum atomic E-state index is 0.0425. The number of thiocarbonyl (C=S) groups is 1. The van der Waals surface area contributed by atoms with Crippen molar-refractivity contribution in [3.63, 3.8) is 0 Å². The van der Waals surface area contributed by atoms with Gasteiger partial charge in [-0.3, -0.25) is 4.79 Å². The monoisotopic (exact) mass is 304 g/mol. The topological polar surface area (TPSA) is 32.3 Å². The molecule has 1 N–H and O–H groups in total. The van der Waals surface area contributed by atoms with Gasteiger partial charge in [0.2, 0.25) is 5.91 Å². The molecule has 0 unspecified atom stereocenters. The Hall–Kier alpha value is -1.42. The number of amides is 1. The van der Waals surface area contributed by atoms with Crippen molar-refractivity contribution >= 4 is 28.9 Å². The Morgan fingerprint density at radius 1 is 1.24 bits per heavy atom. The van der Waals surface area contributed by atoms with Gasteiger partial charge in [-0.1, -0.05) is 50.8 Å². The molecule has 0 bridgehead atoms. The van der Waals surface area contributed by atoms with Crippen molar-refractivity contribution in [2.24, 2.45) is 0 Å². The van der Waals surface area contributed by atoms with Crippen LogP contribution in [0.2, 0.25) is 0 Å². The first-order chi connectivity index (χ1) is 10.2. The van der Waals surface area contributed by atoms with E-state index in [0.717, 1.165) is 31.5 Å². The van der Waals surface area contributed by atoms with Gasteiger partial charge in [-0.2, -0.15) is 0 Å². The second kappa shape index (κ2) is 8.13. The van der Waals surface area contributed by atoms with Crippen LogP contribution in [0.15, 0.2) is 24.3 Å². The van der Waals surface area contributed by atoms with Crippen LogP contribution in [0.25, 0.3) is 0 Å². The van der Waals surface area contributed by atoms with Gasteiger partial charge < -0.3 is 10.2 Å². The van der Waals surface area contributed by atoms with Crippen LogP contribution in [0.5, 0.6) is 0 Å². The van der Waals surface area contributed by atoms with E-state index in [1.807, 2.05) is 17.0 Å². The number of carbonyl (C=O) groups excluding carboxylic acids is 1. The third-order valence-corrected chi connectivity index (χ3v) is 4.21. The first kappa shape index (κ1) is 16.0. The molecule has 0 spiro atoms. The maximum absolute atomic E-state index is 11.9. The van der Waals surface area contributed by atoms with Crippen molar-refractivity contribution in [3.8, 4) is 0 Å². The number of rotatable bonds is 6. The normalized spacial score (nSPS) is 13.1. The van der Waals surface area contributed by atoms with Crippen molar-refractivity contribution in [2.45, 2.75) is 51.9 Å². The molecule has 1 aromatic rings. The minimum Gasteiger partial charge on any atom is -0.318 e. The summed E-state index contributed by atoms with van der Waals surface area (Å²) in [7, 11) is 0. The summed E-state index contributed by atoms with van der Waals surface area (Å²) in [5.41, 5.74) is 2.43. The van der Waals surface area contributed by atoms with Crippen LogP contribution in [-0.2, 0) is 11.2 Å². The lowest BCUT2D eigenvalue weighted by Gasteiger charge is -2.20. The standard InChI is InChI=1S/C17H24N2OS/c1-2-3-4-5-6-11-16(20)18-17(21)19-13-12-14-9-7-8-10-15(14)19/h7-10H,2-6,11-13H2,1H3,(H,18,20,21). The lowest BCUT2D eigenvalue weighted by molar-refractivity contribution is -0.119. The van der Waals surface area contributed by atoms with Crippen LogP contribution in [0.3, 0.4) is 0 Å². The van der Waals surface area contributed by atoms with E-state index in [1.165, 1.54) is 24.8 Å². The maximum atomic E-state index is 11.9. The van der Waals surface area contributed by atoms with E-state index in [-0.39, 0.29) is 5.91 Å². The fourth-order valence-electron chi connectivity index (χ4n) is 2.69. The summed E-state index contributed by atoms with van der Waals surface area (Å²) < 4.78 is 0. The largest absolute Gasteiger partial charge is 0.318 e. The Kier molecular flexibility index (Phi) is 6.18. The first-order valence-corrected chi connectivity index (χ1v) is 8.32. The highest BCUT2D eigenvalue weighted by atomic mass is 32.1.